The third kappa shape index (κ3) is 2.07. The molecule has 3 amide bonds. The number of ether oxygens (including phenoxy) is 1. The molecule has 0 aliphatic carbocycles. The zero-order valence-corrected chi connectivity index (χ0v) is 11.9. The van der Waals surface area contributed by atoms with E-state index in [-0.39, 0.29) is 18.6 Å². The molecule has 6 nitrogen and oxygen atoms in total. The maximum absolute atomic E-state index is 12.4. The first-order valence-electron chi connectivity index (χ1n) is 6.27. The second-order valence-corrected chi connectivity index (χ2v) is 5.86. The van der Waals surface area contributed by atoms with Crippen LogP contribution < -0.4 is 15.4 Å². The maximum Gasteiger partial charge on any atom is 0.325 e. The molecule has 0 aromatic heterocycles. The number of fused-ring (bicyclic) bond motifs is 3. The lowest BCUT2D eigenvalue weighted by atomic mass is 10.2. The Morgan fingerprint density at radius 1 is 1.55 bits per heavy atom. The van der Waals surface area contributed by atoms with E-state index in [2.05, 4.69) is 0 Å². The molecule has 1 unspecified atom stereocenters. The van der Waals surface area contributed by atoms with E-state index in [1.165, 1.54) is 4.90 Å². The van der Waals surface area contributed by atoms with Gasteiger partial charge in [-0.3, -0.25) is 9.69 Å². The van der Waals surface area contributed by atoms with Gasteiger partial charge in [-0.25, -0.2) is 4.79 Å². The van der Waals surface area contributed by atoms with Crippen LogP contribution in [-0.2, 0) is 4.79 Å². The molecule has 2 heterocycles. The van der Waals surface area contributed by atoms with Gasteiger partial charge in [0, 0.05) is 23.3 Å². The first-order chi connectivity index (χ1) is 9.60. The summed E-state index contributed by atoms with van der Waals surface area (Å²) in [6.45, 7) is 0.501. The molecule has 0 bridgehead atoms. The number of hydrogen-bond donors (Lipinski definition) is 1. The van der Waals surface area contributed by atoms with E-state index < -0.39 is 5.91 Å². The molecule has 0 radical (unpaired) electrons. The highest BCUT2D eigenvalue weighted by atomic mass is 32.2. The van der Waals surface area contributed by atoms with E-state index in [4.69, 9.17) is 10.5 Å². The standard InChI is InChI=1S/C13H15N3O3S/c1-19-9-2-3-11-10(4-9)16-8(7-20-11)5-15(13(16)18)6-12(14)17/h2-4,8H,5-7H2,1H3,(H2,14,17). The quantitative estimate of drug-likeness (QED) is 0.898. The van der Waals surface area contributed by atoms with Crippen molar-refractivity contribution in [3.63, 3.8) is 0 Å². The van der Waals surface area contributed by atoms with Crippen LogP contribution in [-0.4, -0.2) is 48.8 Å². The minimum atomic E-state index is -0.489. The van der Waals surface area contributed by atoms with Crippen molar-refractivity contribution in [3.05, 3.63) is 18.2 Å². The molecule has 20 heavy (non-hydrogen) atoms. The van der Waals surface area contributed by atoms with Crippen LogP contribution in [0.25, 0.3) is 0 Å². The lowest BCUT2D eigenvalue weighted by Gasteiger charge is -2.30. The Morgan fingerprint density at radius 2 is 2.35 bits per heavy atom. The summed E-state index contributed by atoms with van der Waals surface area (Å²) < 4.78 is 5.22. The molecule has 3 rings (SSSR count). The monoisotopic (exact) mass is 293 g/mol. The molecule has 106 valence electrons. The van der Waals surface area contributed by atoms with Gasteiger partial charge in [0.1, 0.15) is 12.3 Å². The molecular weight excluding hydrogens is 278 g/mol. The molecule has 2 N–H and O–H groups in total. The smallest absolute Gasteiger partial charge is 0.325 e. The third-order valence-electron chi connectivity index (χ3n) is 3.48. The molecule has 1 aromatic carbocycles. The Hall–Kier alpha value is -1.89. The zero-order chi connectivity index (χ0) is 14.3. The minimum absolute atomic E-state index is 0.0319. The van der Waals surface area contributed by atoms with E-state index in [9.17, 15) is 9.59 Å². The second kappa shape index (κ2) is 4.90. The normalized spacial score (nSPS) is 20.6. The van der Waals surface area contributed by atoms with Gasteiger partial charge < -0.3 is 15.4 Å². The number of methoxy groups -OCH3 is 1. The Balaban J connectivity index is 1.94. The van der Waals surface area contributed by atoms with Crippen molar-refractivity contribution in [1.82, 2.24) is 4.90 Å². The van der Waals surface area contributed by atoms with Crippen molar-refractivity contribution in [2.45, 2.75) is 10.9 Å². The van der Waals surface area contributed by atoms with Gasteiger partial charge in [-0.05, 0) is 12.1 Å². The van der Waals surface area contributed by atoms with Gasteiger partial charge in [0.2, 0.25) is 5.91 Å². The summed E-state index contributed by atoms with van der Waals surface area (Å²) in [6, 6.07) is 5.61. The number of thioether (sulfide) groups is 1. The Kier molecular flexibility index (Phi) is 3.21. The van der Waals surface area contributed by atoms with Crippen LogP contribution in [0.4, 0.5) is 10.5 Å². The molecule has 0 saturated carbocycles. The number of amides is 3. The minimum Gasteiger partial charge on any atom is -0.497 e. The summed E-state index contributed by atoms with van der Waals surface area (Å²) in [5.41, 5.74) is 6.04. The van der Waals surface area contributed by atoms with Crippen molar-refractivity contribution >= 4 is 29.4 Å². The molecule has 1 atom stereocenters. The number of nitrogens with two attached hydrogens (primary N) is 1. The number of rotatable bonds is 3. The summed E-state index contributed by atoms with van der Waals surface area (Å²) in [7, 11) is 1.60. The molecule has 1 aromatic rings. The average molecular weight is 293 g/mol. The fraction of sp³-hybridized carbons (Fsp3) is 0.385. The maximum atomic E-state index is 12.4. The van der Waals surface area contributed by atoms with Crippen molar-refractivity contribution in [1.29, 1.82) is 0 Å². The average Bonchev–Trinajstić information content (AvgIpc) is 2.74. The molecule has 0 spiro atoms. The van der Waals surface area contributed by atoms with Gasteiger partial charge in [0.25, 0.3) is 0 Å². The van der Waals surface area contributed by atoms with E-state index in [0.29, 0.717) is 12.3 Å². The van der Waals surface area contributed by atoms with Crippen LogP contribution in [0.15, 0.2) is 23.1 Å². The van der Waals surface area contributed by atoms with E-state index in [1.54, 1.807) is 23.8 Å². The van der Waals surface area contributed by atoms with E-state index >= 15 is 0 Å². The number of carbonyl (C=O) groups excluding carboxylic acids is 2. The lowest BCUT2D eigenvalue weighted by molar-refractivity contribution is -0.118. The van der Waals surface area contributed by atoms with Crippen LogP contribution in [0.2, 0.25) is 0 Å². The number of primary amides is 1. The van der Waals surface area contributed by atoms with Crippen molar-refractivity contribution < 1.29 is 14.3 Å². The Labute approximate surface area is 120 Å². The number of carbonyl (C=O) groups is 2. The third-order valence-corrected chi connectivity index (χ3v) is 4.68. The second-order valence-electron chi connectivity index (χ2n) is 4.80. The summed E-state index contributed by atoms with van der Waals surface area (Å²) in [5.74, 6) is 1.04. The summed E-state index contributed by atoms with van der Waals surface area (Å²) in [4.78, 5) is 27.8. The summed E-state index contributed by atoms with van der Waals surface area (Å²) in [6.07, 6.45) is 0. The van der Waals surface area contributed by atoms with Crippen molar-refractivity contribution in [2.75, 3.05) is 30.9 Å². The number of anilines is 1. The van der Waals surface area contributed by atoms with Crippen LogP contribution in [0.1, 0.15) is 0 Å². The molecular formula is C13H15N3O3S. The highest BCUT2D eigenvalue weighted by Crippen LogP contribution is 2.42. The first kappa shape index (κ1) is 13.1. The van der Waals surface area contributed by atoms with Crippen LogP contribution >= 0.6 is 11.8 Å². The number of nitrogens with zero attached hydrogens (tertiary/aromatic N) is 2. The van der Waals surface area contributed by atoms with Crippen molar-refractivity contribution in [2.24, 2.45) is 5.73 Å². The summed E-state index contributed by atoms with van der Waals surface area (Å²) >= 11 is 1.71. The zero-order valence-electron chi connectivity index (χ0n) is 11.0. The van der Waals surface area contributed by atoms with Crippen LogP contribution in [0.3, 0.4) is 0 Å². The summed E-state index contributed by atoms with van der Waals surface area (Å²) in [5, 5.41) is 0. The van der Waals surface area contributed by atoms with Gasteiger partial charge in [-0.15, -0.1) is 11.8 Å². The Morgan fingerprint density at radius 3 is 3.05 bits per heavy atom. The van der Waals surface area contributed by atoms with Crippen LogP contribution in [0, 0.1) is 0 Å². The topological polar surface area (TPSA) is 75.9 Å². The van der Waals surface area contributed by atoms with Gasteiger partial charge in [0.05, 0.1) is 18.8 Å². The van der Waals surface area contributed by atoms with Gasteiger partial charge in [-0.1, -0.05) is 0 Å². The van der Waals surface area contributed by atoms with Crippen molar-refractivity contribution in [3.8, 4) is 5.75 Å². The predicted octanol–water partition coefficient (Wildman–Crippen LogP) is 0.897. The van der Waals surface area contributed by atoms with Gasteiger partial charge in [-0.2, -0.15) is 0 Å². The fourth-order valence-corrected chi connectivity index (χ4v) is 3.69. The SMILES string of the molecule is COc1ccc2c(c1)N1C(=O)N(CC(N)=O)CC1CS2. The molecule has 2 aliphatic heterocycles. The van der Waals surface area contributed by atoms with Crippen LogP contribution in [0.5, 0.6) is 5.75 Å². The molecule has 1 fully saturated rings. The van der Waals surface area contributed by atoms with E-state index in [0.717, 1.165) is 16.3 Å². The predicted molar refractivity (Wildman–Crippen MR) is 76.1 cm³/mol. The lowest BCUT2D eigenvalue weighted by Crippen LogP contribution is -2.39. The van der Waals surface area contributed by atoms with Gasteiger partial charge in [0.15, 0.2) is 0 Å². The molecule has 1 saturated heterocycles. The van der Waals surface area contributed by atoms with Gasteiger partial charge >= 0.3 is 6.03 Å². The largest absolute Gasteiger partial charge is 0.497 e. The molecule has 7 heteroatoms. The molecule has 2 aliphatic rings. The Bertz CT molecular complexity index is 578. The highest BCUT2D eigenvalue weighted by Gasteiger charge is 2.42. The fourth-order valence-electron chi connectivity index (χ4n) is 2.59. The van der Waals surface area contributed by atoms with E-state index in [1.807, 2.05) is 18.2 Å². The highest BCUT2D eigenvalue weighted by molar-refractivity contribution is 7.99. The number of urea groups is 1. The first-order valence-corrected chi connectivity index (χ1v) is 7.26. The number of benzene rings is 1. The number of hydrogen-bond acceptors (Lipinski definition) is 4.